The molecular weight excluding hydrogens is 381 g/mol. The third kappa shape index (κ3) is 5.51. The second kappa shape index (κ2) is 8.95. The lowest BCUT2D eigenvalue weighted by Gasteiger charge is -2.14. The third-order valence-corrected chi connectivity index (χ3v) is 3.57. The Labute approximate surface area is 157 Å². The normalized spacial score (nSPS) is 11.6. The lowest BCUT2D eigenvalue weighted by molar-refractivity contribution is -0.862. The zero-order valence-electron chi connectivity index (χ0n) is 14.6. The van der Waals surface area contributed by atoms with E-state index in [4.69, 9.17) is 0 Å². The van der Waals surface area contributed by atoms with Crippen molar-refractivity contribution in [3.05, 3.63) is 64.0 Å². The van der Waals surface area contributed by atoms with E-state index in [0.717, 1.165) is 6.07 Å². The van der Waals surface area contributed by atoms with Crippen LogP contribution in [0.15, 0.2) is 36.4 Å². The van der Waals surface area contributed by atoms with Gasteiger partial charge in [0.1, 0.15) is 0 Å². The molecule has 28 heavy (non-hydrogen) atoms. The van der Waals surface area contributed by atoms with E-state index < -0.39 is 39.9 Å². The first-order valence-electron chi connectivity index (χ1n) is 7.96. The summed E-state index contributed by atoms with van der Waals surface area (Å²) in [6.45, 7) is -0.433. The van der Waals surface area contributed by atoms with Gasteiger partial charge in [-0.1, -0.05) is 6.07 Å². The minimum absolute atomic E-state index is 0.170. The van der Waals surface area contributed by atoms with Crippen molar-refractivity contribution in [1.29, 1.82) is 0 Å². The fourth-order valence-electron chi connectivity index (χ4n) is 2.33. The zero-order chi connectivity index (χ0) is 20.8. The van der Waals surface area contributed by atoms with Gasteiger partial charge < -0.3 is 15.5 Å². The number of non-ortho nitro benzene ring substituents is 1. The molecule has 0 aliphatic heterocycles. The van der Waals surface area contributed by atoms with E-state index in [2.05, 4.69) is 10.6 Å². The molecule has 8 nitrogen and oxygen atoms in total. The van der Waals surface area contributed by atoms with Gasteiger partial charge in [0, 0.05) is 17.8 Å². The summed E-state index contributed by atoms with van der Waals surface area (Å²) in [5.41, 5.74) is -0.482. The molecular formula is C17H16F3N4O4+. The number of benzene rings is 2. The number of nitro groups is 1. The maximum absolute atomic E-state index is 13.6. The number of amides is 2. The van der Waals surface area contributed by atoms with Gasteiger partial charge in [0.2, 0.25) is 0 Å². The predicted octanol–water partition coefficient (Wildman–Crippen LogP) is 1.10. The van der Waals surface area contributed by atoms with Gasteiger partial charge in [-0.25, -0.2) is 13.2 Å². The van der Waals surface area contributed by atoms with Gasteiger partial charge in [-0.2, -0.15) is 0 Å². The summed E-state index contributed by atoms with van der Waals surface area (Å²) >= 11 is 0. The Hall–Kier alpha value is -3.47. The zero-order valence-corrected chi connectivity index (χ0v) is 14.6. The number of halogens is 3. The van der Waals surface area contributed by atoms with E-state index >= 15 is 0 Å². The van der Waals surface area contributed by atoms with Gasteiger partial charge in [-0.05, 0) is 18.2 Å². The standard InChI is InChI=1S/C17H15F3N4O4/c1-23(8-14(25)21-10-3-2-4-11(7-10)24(27)28)9-15(26)22-13-6-5-12(18)16(19)17(13)20/h2-7H,8-9H2,1H3,(H,21,25)(H,22,26)/p+1. The van der Waals surface area contributed by atoms with Crippen LogP contribution >= 0.6 is 0 Å². The molecule has 0 radical (unpaired) electrons. The lowest BCUT2D eigenvalue weighted by atomic mass is 10.2. The Morgan fingerprint density at radius 3 is 2.32 bits per heavy atom. The maximum Gasteiger partial charge on any atom is 0.279 e. The molecule has 0 aromatic heterocycles. The quantitative estimate of drug-likeness (QED) is 0.370. The predicted molar refractivity (Wildman–Crippen MR) is 93.3 cm³/mol. The van der Waals surface area contributed by atoms with Gasteiger partial charge in [0.25, 0.3) is 17.5 Å². The second-order valence-corrected chi connectivity index (χ2v) is 5.94. The van der Waals surface area contributed by atoms with E-state index in [1.165, 1.54) is 31.3 Å². The molecule has 0 heterocycles. The van der Waals surface area contributed by atoms with E-state index in [-0.39, 0.29) is 24.5 Å². The number of nitro benzene ring substituents is 1. The van der Waals surface area contributed by atoms with Crippen molar-refractivity contribution >= 4 is 28.9 Å². The van der Waals surface area contributed by atoms with Gasteiger partial charge in [0.15, 0.2) is 30.5 Å². The molecule has 0 saturated heterocycles. The fraction of sp³-hybridized carbons (Fsp3) is 0.176. The Morgan fingerprint density at radius 2 is 1.68 bits per heavy atom. The molecule has 1 unspecified atom stereocenters. The van der Waals surface area contributed by atoms with Gasteiger partial charge in [0.05, 0.1) is 17.7 Å². The van der Waals surface area contributed by atoms with Crippen molar-refractivity contribution < 1.29 is 32.6 Å². The summed E-state index contributed by atoms with van der Waals surface area (Å²) in [6.07, 6.45) is 0. The van der Waals surface area contributed by atoms with Crippen molar-refractivity contribution in [1.82, 2.24) is 0 Å². The van der Waals surface area contributed by atoms with Crippen molar-refractivity contribution in [2.24, 2.45) is 0 Å². The third-order valence-electron chi connectivity index (χ3n) is 3.57. The molecule has 0 saturated carbocycles. The number of likely N-dealkylation sites (N-methyl/N-ethyl adjacent to an activating group) is 1. The number of nitrogens with one attached hydrogen (secondary N) is 3. The average molecular weight is 397 g/mol. The monoisotopic (exact) mass is 397 g/mol. The molecule has 2 amide bonds. The Balaban J connectivity index is 1.89. The highest BCUT2D eigenvalue weighted by Crippen LogP contribution is 2.19. The molecule has 0 aliphatic rings. The number of hydrogen-bond acceptors (Lipinski definition) is 4. The molecule has 2 aromatic rings. The number of rotatable bonds is 7. The number of nitrogens with zero attached hydrogens (tertiary/aromatic N) is 1. The molecule has 2 rings (SSSR count). The summed E-state index contributed by atoms with van der Waals surface area (Å²) in [7, 11) is 1.51. The molecule has 1 atom stereocenters. The molecule has 0 fully saturated rings. The molecule has 0 aliphatic carbocycles. The highest BCUT2D eigenvalue weighted by Gasteiger charge is 2.19. The van der Waals surface area contributed by atoms with E-state index in [1.807, 2.05) is 0 Å². The molecule has 3 N–H and O–H groups in total. The van der Waals surface area contributed by atoms with Crippen LogP contribution in [0.4, 0.5) is 30.2 Å². The maximum atomic E-state index is 13.6. The van der Waals surface area contributed by atoms with Gasteiger partial charge >= 0.3 is 0 Å². The van der Waals surface area contributed by atoms with Crippen LogP contribution in [-0.4, -0.2) is 36.9 Å². The largest absolute Gasteiger partial charge is 0.322 e. The van der Waals surface area contributed by atoms with Crippen molar-refractivity contribution in [2.75, 3.05) is 30.8 Å². The lowest BCUT2D eigenvalue weighted by Crippen LogP contribution is -3.11. The smallest absolute Gasteiger partial charge is 0.279 e. The highest BCUT2D eigenvalue weighted by molar-refractivity contribution is 5.93. The number of carbonyl (C=O) groups is 2. The molecule has 11 heteroatoms. The van der Waals surface area contributed by atoms with Crippen LogP contribution in [0.2, 0.25) is 0 Å². The molecule has 0 spiro atoms. The van der Waals surface area contributed by atoms with Crippen LogP contribution in [0, 0.1) is 27.6 Å². The summed E-state index contributed by atoms with van der Waals surface area (Å²) in [6, 6.07) is 6.90. The summed E-state index contributed by atoms with van der Waals surface area (Å²) in [5, 5.41) is 15.3. The van der Waals surface area contributed by atoms with E-state index in [1.54, 1.807) is 0 Å². The number of anilines is 2. The minimum Gasteiger partial charge on any atom is -0.322 e. The van der Waals surface area contributed by atoms with Crippen molar-refractivity contribution in [3.63, 3.8) is 0 Å². The Morgan fingerprint density at radius 1 is 1.04 bits per heavy atom. The molecule has 2 aromatic carbocycles. The topological polar surface area (TPSA) is 106 Å². The average Bonchev–Trinajstić information content (AvgIpc) is 2.62. The van der Waals surface area contributed by atoms with Gasteiger partial charge in [-0.15, -0.1) is 0 Å². The first-order chi connectivity index (χ1) is 13.2. The molecule has 0 bridgehead atoms. The fourth-order valence-corrected chi connectivity index (χ4v) is 2.33. The Bertz CT molecular complexity index is 923. The summed E-state index contributed by atoms with van der Waals surface area (Å²) in [5.74, 6) is -5.82. The van der Waals surface area contributed by atoms with Crippen LogP contribution in [0.5, 0.6) is 0 Å². The van der Waals surface area contributed by atoms with Crippen LogP contribution in [0.1, 0.15) is 0 Å². The van der Waals surface area contributed by atoms with Crippen molar-refractivity contribution in [3.8, 4) is 0 Å². The van der Waals surface area contributed by atoms with Crippen LogP contribution < -0.4 is 15.5 Å². The van der Waals surface area contributed by atoms with E-state index in [9.17, 15) is 32.9 Å². The van der Waals surface area contributed by atoms with Crippen LogP contribution in [0.25, 0.3) is 0 Å². The van der Waals surface area contributed by atoms with Crippen LogP contribution in [0.3, 0.4) is 0 Å². The van der Waals surface area contributed by atoms with Gasteiger partial charge in [-0.3, -0.25) is 19.7 Å². The number of quaternary nitrogens is 1. The highest BCUT2D eigenvalue weighted by atomic mass is 19.2. The van der Waals surface area contributed by atoms with Crippen LogP contribution in [-0.2, 0) is 9.59 Å². The number of hydrogen-bond donors (Lipinski definition) is 3. The Kier molecular flexibility index (Phi) is 6.66. The second-order valence-electron chi connectivity index (χ2n) is 5.94. The minimum atomic E-state index is -1.70. The first kappa shape index (κ1) is 20.8. The van der Waals surface area contributed by atoms with Crippen molar-refractivity contribution in [2.45, 2.75) is 0 Å². The number of carbonyl (C=O) groups excluding carboxylic acids is 2. The molecule has 148 valence electrons. The first-order valence-corrected chi connectivity index (χ1v) is 7.96. The summed E-state index contributed by atoms with van der Waals surface area (Å²) in [4.78, 5) is 34.4. The van der Waals surface area contributed by atoms with E-state index in [0.29, 0.717) is 11.0 Å². The summed E-state index contributed by atoms with van der Waals surface area (Å²) < 4.78 is 39.6. The SMILES string of the molecule is C[NH+](CC(=O)Nc1cccc([N+](=O)[O-])c1)CC(=O)Nc1ccc(F)c(F)c1F.